The number of ether oxygens (including phenoxy) is 1. The Kier molecular flexibility index (Phi) is 5.92. The van der Waals surface area contributed by atoms with Crippen LogP contribution in [0, 0.1) is 5.82 Å². The molecule has 1 atom stereocenters. The van der Waals surface area contributed by atoms with Gasteiger partial charge in [-0.1, -0.05) is 6.07 Å². The van der Waals surface area contributed by atoms with E-state index in [1.165, 1.54) is 12.1 Å². The van der Waals surface area contributed by atoms with Gasteiger partial charge in [0.05, 0.1) is 0 Å². The number of amides is 1. The number of halogens is 1. The summed E-state index contributed by atoms with van der Waals surface area (Å²) in [6.07, 6.45) is 1.49. The first-order chi connectivity index (χ1) is 12.6. The number of rotatable bonds is 3. The number of benzene rings is 1. The Morgan fingerprint density at radius 3 is 2.69 bits per heavy atom. The summed E-state index contributed by atoms with van der Waals surface area (Å²) in [5.41, 5.74) is 0.716. The second-order valence-electron chi connectivity index (χ2n) is 6.50. The number of aromatic hydroxyl groups is 1. The van der Waals surface area contributed by atoms with Crippen molar-refractivity contribution in [1.82, 2.24) is 15.1 Å². The monoisotopic (exact) mass is 364 g/mol. The predicted molar refractivity (Wildman–Crippen MR) is 95.4 cm³/mol. The number of aliphatic imine (C=N–C) groups is 1. The molecule has 0 aliphatic carbocycles. The molecule has 2 N–H and O–H groups in total. The van der Waals surface area contributed by atoms with Crippen LogP contribution in [0.1, 0.15) is 18.4 Å². The largest absolute Gasteiger partial charge is 0.505 e. The standard InChI is InChI=1S/C18H25FN4O3/c1-20-18(21-12-13-4-5-15(24)14(19)11-13)23-8-6-22(7-9-23)17(25)16-3-2-10-26-16/h4-5,11,16,24H,2-3,6-10,12H2,1H3,(H,20,21). The van der Waals surface area contributed by atoms with Crippen LogP contribution in [0.4, 0.5) is 4.39 Å². The van der Waals surface area contributed by atoms with Crippen LogP contribution in [-0.4, -0.2) is 72.7 Å². The highest BCUT2D eigenvalue weighted by molar-refractivity contribution is 5.82. The number of carbonyl (C=O) groups is 1. The Morgan fingerprint density at radius 2 is 2.08 bits per heavy atom. The van der Waals surface area contributed by atoms with Gasteiger partial charge in [-0.05, 0) is 30.5 Å². The number of nitrogens with one attached hydrogen (secondary N) is 1. The third-order valence-corrected chi connectivity index (χ3v) is 4.77. The number of nitrogens with zero attached hydrogens (tertiary/aromatic N) is 3. The second-order valence-corrected chi connectivity index (χ2v) is 6.50. The van der Waals surface area contributed by atoms with Gasteiger partial charge < -0.3 is 25.0 Å². The minimum absolute atomic E-state index is 0.0877. The van der Waals surface area contributed by atoms with Crippen molar-refractivity contribution in [2.24, 2.45) is 4.99 Å². The van der Waals surface area contributed by atoms with E-state index in [1.54, 1.807) is 13.1 Å². The van der Waals surface area contributed by atoms with E-state index in [2.05, 4.69) is 15.2 Å². The molecule has 142 valence electrons. The lowest BCUT2D eigenvalue weighted by Gasteiger charge is -2.37. The summed E-state index contributed by atoms with van der Waals surface area (Å²) in [7, 11) is 1.70. The van der Waals surface area contributed by atoms with E-state index in [-0.39, 0.29) is 17.8 Å². The van der Waals surface area contributed by atoms with Crippen LogP contribution in [0.3, 0.4) is 0 Å². The summed E-state index contributed by atoms with van der Waals surface area (Å²) in [6, 6.07) is 4.30. The molecule has 1 amide bonds. The first kappa shape index (κ1) is 18.4. The molecule has 0 saturated carbocycles. The van der Waals surface area contributed by atoms with Crippen LogP contribution in [0.2, 0.25) is 0 Å². The molecule has 26 heavy (non-hydrogen) atoms. The van der Waals surface area contributed by atoms with Gasteiger partial charge in [0.15, 0.2) is 17.5 Å². The number of guanidine groups is 1. The van der Waals surface area contributed by atoms with Gasteiger partial charge in [-0.25, -0.2) is 4.39 Å². The van der Waals surface area contributed by atoms with Crippen molar-refractivity contribution in [3.05, 3.63) is 29.6 Å². The van der Waals surface area contributed by atoms with Crippen LogP contribution in [-0.2, 0) is 16.1 Å². The Balaban J connectivity index is 1.50. The Labute approximate surface area is 152 Å². The predicted octanol–water partition coefficient (Wildman–Crippen LogP) is 0.930. The van der Waals surface area contributed by atoms with Gasteiger partial charge in [-0.2, -0.15) is 0 Å². The van der Waals surface area contributed by atoms with Crippen molar-refractivity contribution in [2.75, 3.05) is 39.8 Å². The highest BCUT2D eigenvalue weighted by atomic mass is 19.1. The van der Waals surface area contributed by atoms with Gasteiger partial charge in [0.25, 0.3) is 5.91 Å². The lowest BCUT2D eigenvalue weighted by Crippen LogP contribution is -2.55. The molecular weight excluding hydrogens is 339 g/mol. The number of piperazine rings is 1. The average Bonchev–Trinajstić information content (AvgIpc) is 3.20. The Bertz CT molecular complexity index is 668. The molecule has 3 rings (SSSR count). The Morgan fingerprint density at radius 1 is 1.35 bits per heavy atom. The van der Waals surface area contributed by atoms with Gasteiger partial charge in [-0.3, -0.25) is 9.79 Å². The number of phenolic OH excluding ortho intramolecular Hbond substituents is 1. The lowest BCUT2D eigenvalue weighted by atomic mass is 10.2. The molecule has 0 aromatic heterocycles. The van der Waals surface area contributed by atoms with Gasteiger partial charge in [0, 0.05) is 46.4 Å². The molecule has 0 bridgehead atoms. The number of hydrogen-bond donors (Lipinski definition) is 2. The van der Waals surface area contributed by atoms with Crippen molar-refractivity contribution in [3.63, 3.8) is 0 Å². The van der Waals surface area contributed by atoms with Crippen molar-refractivity contribution in [1.29, 1.82) is 0 Å². The molecule has 2 heterocycles. The maximum absolute atomic E-state index is 13.4. The SMILES string of the molecule is CN=C(NCc1ccc(O)c(F)c1)N1CCN(C(=O)C2CCCO2)CC1. The molecule has 8 heteroatoms. The van der Waals surface area contributed by atoms with E-state index >= 15 is 0 Å². The fourth-order valence-corrected chi connectivity index (χ4v) is 3.29. The van der Waals surface area contributed by atoms with Gasteiger partial charge in [0.1, 0.15) is 6.10 Å². The molecule has 1 aromatic rings. The minimum atomic E-state index is -0.638. The molecule has 2 fully saturated rings. The molecule has 1 unspecified atom stereocenters. The van der Waals surface area contributed by atoms with E-state index in [4.69, 9.17) is 4.74 Å². The molecule has 2 aliphatic rings. The maximum atomic E-state index is 13.4. The molecule has 2 saturated heterocycles. The molecular formula is C18H25FN4O3. The normalized spacial score (nSPS) is 21.2. The van der Waals surface area contributed by atoms with Crippen molar-refractivity contribution < 1.29 is 19.0 Å². The smallest absolute Gasteiger partial charge is 0.251 e. The van der Waals surface area contributed by atoms with Crippen molar-refractivity contribution in [2.45, 2.75) is 25.5 Å². The zero-order chi connectivity index (χ0) is 18.5. The fourth-order valence-electron chi connectivity index (χ4n) is 3.29. The molecule has 7 nitrogen and oxygen atoms in total. The third kappa shape index (κ3) is 4.24. The average molecular weight is 364 g/mol. The lowest BCUT2D eigenvalue weighted by molar-refractivity contribution is -0.142. The molecule has 2 aliphatic heterocycles. The van der Waals surface area contributed by atoms with E-state index in [0.717, 1.165) is 12.8 Å². The first-order valence-electron chi connectivity index (χ1n) is 8.92. The number of carbonyl (C=O) groups excluding carboxylic acids is 1. The van der Waals surface area contributed by atoms with Gasteiger partial charge in [-0.15, -0.1) is 0 Å². The Hall–Kier alpha value is -2.35. The second kappa shape index (κ2) is 8.35. The summed E-state index contributed by atoms with van der Waals surface area (Å²) in [4.78, 5) is 20.6. The molecule has 0 spiro atoms. The summed E-state index contributed by atoms with van der Waals surface area (Å²) in [6.45, 7) is 3.70. The summed E-state index contributed by atoms with van der Waals surface area (Å²) >= 11 is 0. The topological polar surface area (TPSA) is 77.4 Å². The maximum Gasteiger partial charge on any atom is 0.251 e. The van der Waals surface area contributed by atoms with Crippen molar-refractivity contribution >= 4 is 11.9 Å². The number of hydrogen-bond acceptors (Lipinski definition) is 4. The van der Waals surface area contributed by atoms with Crippen LogP contribution in [0.15, 0.2) is 23.2 Å². The number of phenols is 1. The van der Waals surface area contributed by atoms with Gasteiger partial charge >= 0.3 is 0 Å². The van der Waals surface area contributed by atoms with E-state index in [0.29, 0.717) is 50.9 Å². The van der Waals surface area contributed by atoms with Crippen LogP contribution in [0.5, 0.6) is 5.75 Å². The third-order valence-electron chi connectivity index (χ3n) is 4.77. The summed E-state index contributed by atoms with van der Waals surface area (Å²) in [5, 5.41) is 12.5. The van der Waals surface area contributed by atoms with Gasteiger partial charge in [0.2, 0.25) is 0 Å². The van der Waals surface area contributed by atoms with Crippen LogP contribution >= 0.6 is 0 Å². The van der Waals surface area contributed by atoms with E-state index in [1.807, 2.05) is 4.90 Å². The van der Waals surface area contributed by atoms with E-state index in [9.17, 15) is 14.3 Å². The highest BCUT2D eigenvalue weighted by Crippen LogP contribution is 2.17. The first-order valence-corrected chi connectivity index (χ1v) is 8.92. The summed E-state index contributed by atoms with van der Waals surface area (Å²) in [5.74, 6) is -0.196. The fraction of sp³-hybridized carbons (Fsp3) is 0.556. The zero-order valence-electron chi connectivity index (χ0n) is 14.9. The summed E-state index contributed by atoms with van der Waals surface area (Å²) < 4.78 is 18.9. The minimum Gasteiger partial charge on any atom is -0.505 e. The molecule has 0 radical (unpaired) electrons. The zero-order valence-corrected chi connectivity index (χ0v) is 14.9. The van der Waals surface area contributed by atoms with Crippen LogP contribution < -0.4 is 5.32 Å². The molecule has 1 aromatic carbocycles. The van der Waals surface area contributed by atoms with E-state index < -0.39 is 5.82 Å². The van der Waals surface area contributed by atoms with Crippen molar-refractivity contribution in [3.8, 4) is 5.75 Å². The quantitative estimate of drug-likeness (QED) is 0.616. The highest BCUT2D eigenvalue weighted by Gasteiger charge is 2.30. The van der Waals surface area contributed by atoms with Crippen LogP contribution in [0.25, 0.3) is 0 Å².